The molecule has 2 rings (SSSR count). The van der Waals surface area contributed by atoms with Crippen LogP contribution in [0.1, 0.15) is 18.4 Å². The van der Waals surface area contributed by atoms with E-state index in [1.165, 1.54) is 16.3 Å². The van der Waals surface area contributed by atoms with Crippen molar-refractivity contribution in [2.75, 3.05) is 13.7 Å². The maximum Gasteiger partial charge on any atom is 0.0581 e. The fourth-order valence-corrected chi connectivity index (χ4v) is 2.20. The number of aliphatic hydroxyl groups is 1. The summed E-state index contributed by atoms with van der Waals surface area (Å²) in [6.07, 6.45) is 2.14. The third kappa shape index (κ3) is 3.56. The Hall–Kier alpha value is -1.38. The van der Waals surface area contributed by atoms with Crippen molar-refractivity contribution in [3.8, 4) is 0 Å². The van der Waals surface area contributed by atoms with Crippen LogP contribution in [0.3, 0.4) is 0 Å². The fourth-order valence-electron chi connectivity index (χ4n) is 2.20. The maximum atomic E-state index is 9.95. The van der Waals surface area contributed by atoms with Crippen molar-refractivity contribution in [1.82, 2.24) is 0 Å². The van der Waals surface area contributed by atoms with E-state index in [4.69, 9.17) is 4.74 Å². The van der Waals surface area contributed by atoms with E-state index < -0.39 is 0 Å². The first-order chi connectivity index (χ1) is 8.79. The highest BCUT2D eigenvalue weighted by Crippen LogP contribution is 2.17. The van der Waals surface area contributed by atoms with Gasteiger partial charge in [-0.2, -0.15) is 0 Å². The molecule has 0 fully saturated rings. The van der Waals surface area contributed by atoms with Crippen LogP contribution in [-0.2, 0) is 11.2 Å². The predicted octanol–water partition coefficient (Wildman–Crippen LogP) is 3.17. The monoisotopic (exact) mass is 244 g/mol. The van der Waals surface area contributed by atoms with Gasteiger partial charge in [0.25, 0.3) is 0 Å². The van der Waals surface area contributed by atoms with Crippen molar-refractivity contribution in [1.29, 1.82) is 0 Å². The molecule has 2 nitrogen and oxygen atoms in total. The number of benzene rings is 2. The molecule has 0 heterocycles. The van der Waals surface area contributed by atoms with Gasteiger partial charge >= 0.3 is 0 Å². The lowest BCUT2D eigenvalue weighted by Crippen LogP contribution is -2.11. The molecule has 0 aliphatic rings. The SMILES string of the molecule is COCCCC(O)Cc1ccc2ccccc2c1. The molecule has 0 aliphatic heterocycles. The van der Waals surface area contributed by atoms with Crippen molar-refractivity contribution in [3.63, 3.8) is 0 Å². The summed E-state index contributed by atoms with van der Waals surface area (Å²) in [4.78, 5) is 0. The van der Waals surface area contributed by atoms with Gasteiger partial charge in [-0.15, -0.1) is 0 Å². The zero-order valence-electron chi connectivity index (χ0n) is 10.8. The predicted molar refractivity (Wildman–Crippen MR) is 74.8 cm³/mol. The number of methoxy groups -OCH3 is 1. The molecule has 96 valence electrons. The molecule has 0 bridgehead atoms. The second-order valence-electron chi connectivity index (χ2n) is 4.67. The summed E-state index contributed by atoms with van der Waals surface area (Å²) in [6, 6.07) is 14.7. The zero-order chi connectivity index (χ0) is 12.8. The normalized spacial score (nSPS) is 12.8. The average Bonchev–Trinajstić information content (AvgIpc) is 2.39. The molecule has 0 radical (unpaired) electrons. The van der Waals surface area contributed by atoms with E-state index in [-0.39, 0.29) is 6.10 Å². The van der Waals surface area contributed by atoms with Crippen molar-refractivity contribution < 1.29 is 9.84 Å². The van der Waals surface area contributed by atoms with Gasteiger partial charge in [0.1, 0.15) is 0 Å². The van der Waals surface area contributed by atoms with Crippen molar-refractivity contribution in [2.24, 2.45) is 0 Å². The smallest absolute Gasteiger partial charge is 0.0581 e. The molecule has 2 heteroatoms. The molecule has 1 N–H and O–H groups in total. The maximum absolute atomic E-state index is 9.95. The van der Waals surface area contributed by atoms with Gasteiger partial charge in [0, 0.05) is 13.7 Å². The molecule has 2 aromatic carbocycles. The van der Waals surface area contributed by atoms with Crippen LogP contribution in [0.4, 0.5) is 0 Å². The first kappa shape index (κ1) is 13.1. The van der Waals surface area contributed by atoms with Gasteiger partial charge in [0.2, 0.25) is 0 Å². The van der Waals surface area contributed by atoms with E-state index in [9.17, 15) is 5.11 Å². The van der Waals surface area contributed by atoms with Crippen molar-refractivity contribution in [2.45, 2.75) is 25.4 Å². The van der Waals surface area contributed by atoms with Crippen molar-refractivity contribution in [3.05, 3.63) is 48.0 Å². The van der Waals surface area contributed by atoms with Crippen molar-refractivity contribution >= 4 is 10.8 Å². The van der Waals surface area contributed by atoms with Crippen LogP contribution >= 0.6 is 0 Å². The van der Waals surface area contributed by atoms with Gasteiger partial charge in [-0.3, -0.25) is 0 Å². The summed E-state index contributed by atoms with van der Waals surface area (Å²) >= 11 is 0. The average molecular weight is 244 g/mol. The number of aliphatic hydroxyl groups excluding tert-OH is 1. The summed E-state index contributed by atoms with van der Waals surface area (Å²) in [6.45, 7) is 0.717. The fraction of sp³-hybridized carbons (Fsp3) is 0.375. The van der Waals surface area contributed by atoms with Crippen LogP contribution in [0.25, 0.3) is 10.8 Å². The molecule has 2 aromatic rings. The van der Waals surface area contributed by atoms with E-state index in [1.807, 2.05) is 12.1 Å². The quantitative estimate of drug-likeness (QED) is 0.791. The van der Waals surface area contributed by atoms with Gasteiger partial charge in [0.05, 0.1) is 6.10 Å². The zero-order valence-corrected chi connectivity index (χ0v) is 10.8. The molecular weight excluding hydrogens is 224 g/mol. The lowest BCUT2D eigenvalue weighted by Gasteiger charge is -2.11. The number of ether oxygens (including phenoxy) is 1. The summed E-state index contributed by atoms with van der Waals surface area (Å²) in [7, 11) is 1.69. The molecule has 18 heavy (non-hydrogen) atoms. The second kappa shape index (κ2) is 6.53. The van der Waals surface area contributed by atoms with Crippen LogP contribution in [0, 0.1) is 0 Å². The molecule has 1 atom stereocenters. The van der Waals surface area contributed by atoms with Crippen LogP contribution in [0.5, 0.6) is 0 Å². The number of rotatable bonds is 6. The molecule has 0 saturated heterocycles. The Balaban J connectivity index is 1.98. The van der Waals surface area contributed by atoms with Gasteiger partial charge < -0.3 is 9.84 Å². The van der Waals surface area contributed by atoms with E-state index in [0.717, 1.165) is 19.4 Å². The summed E-state index contributed by atoms with van der Waals surface area (Å²) < 4.78 is 4.99. The minimum absolute atomic E-state index is 0.277. The molecular formula is C16H20O2. The lowest BCUT2D eigenvalue weighted by atomic mass is 10.0. The van der Waals surface area contributed by atoms with Crippen LogP contribution in [0.2, 0.25) is 0 Å². The Kier molecular flexibility index (Phi) is 4.73. The summed E-state index contributed by atoms with van der Waals surface area (Å²) in [5.41, 5.74) is 1.19. The Bertz CT molecular complexity index is 493. The van der Waals surface area contributed by atoms with Gasteiger partial charge in [-0.05, 0) is 35.6 Å². The van der Waals surface area contributed by atoms with Crippen LogP contribution in [-0.4, -0.2) is 24.9 Å². The Morgan fingerprint density at radius 1 is 1.11 bits per heavy atom. The number of hydrogen-bond donors (Lipinski definition) is 1. The molecule has 1 unspecified atom stereocenters. The first-order valence-corrected chi connectivity index (χ1v) is 6.44. The second-order valence-corrected chi connectivity index (χ2v) is 4.67. The first-order valence-electron chi connectivity index (χ1n) is 6.44. The highest BCUT2D eigenvalue weighted by atomic mass is 16.5. The third-order valence-corrected chi connectivity index (χ3v) is 3.17. The van der Waals surface area contributed by atoms with Gasteiger partial charge in [-0.25, -0.2) is 0 Å². The molecule has 0 aliphatic carbocycles. The molecule has 0 spiro atoms. The molecule has 0 saturated carbocycles. The van der Waals surface area contributed by atoms with Gasteiger partial charge in [-0.1, -0.05) is 42.5 Å². The minimum Gasteiger partial charge on any atom is -0.393 e. The van der Waals surface area contributed by atoms with E-state index in [2.05, 4.69) is 30.3 Å². The largest absolute Gasteiger partial charge is 0.393 e. The van der Waals surface area contributed by atoms with Crippen LogP contribution < -0.4 is 0 Å². The summed E-state index contributed by atoms with van der Waals surface area (Å²) in [5.74, 6) is 0. The molecule has 0 amide bonds. The van der Waals surface area contributed by atoms with E-state index in [1.54, 1.807) is 7.11 Å². The van der Waals surface area contributed by atoms with Crippen LogP contribution in [0.15, 0.2) is 42.5 Å². The third-order valence-electron chi connectivity index (χ3n) is 3.17. The van der Waals surface area contributed by atoms with E-state index in [0.29, 0.717) is 6.42 Å². The summed E-state index contributed by atoms with van der Waals surface area (Å²) in [5, 5.41) is 12.4. The lowest BCUT2D eigenvalue weighted by molar-refractivity contribution is 0.135. The Morgan fingerprint density at radius 3 is 2.67 bits per heavy atom. The Labute approximate surface area is 108 Å². The number of hydrogen-bond acceptors (Lipinski definition) is 2. The standard InChI is InChI=1S/C16H20O2/c1-18-10-4-7-16(17)12-13-8-9-14-5-2-3-6-15(14)11-13/h2-3,5-6,8-9,11,16-17H,4,7,10,12H2,1H3. The highest BCUT2D eigenvalue weighted by molar-refractivity contribution is 5.82. The minimum atomic E-state index is -0.277. The molecule has 0 aromatic heterocycles. The topological polar surface area (TPSA) is 29.5 Å². The highest BCUT2D eigenvalue weighted by Gasteiger charge is 2.05. The Morgan fingerprint density at radius 2 is 1.89 bits per heavy atom. The van der Waals surface area contributed by atoms with Gasteiger partial charge in [0.15, 0.2) is 0 Å². The number of fused-ring (bicyclic) bond motifs is 1. The van der Waals surface area contributed by atoms with E-state index >= 15 is 0 Å².